The van der Waals surface area contributed by atoms with Crippen molar-refractivity contribution >= 4 is 11.8 Å². The molecule has 1 saturated heterocycles. The molecule has 5 aromatic rings. The molecule has 9 nitrogen and oxygen atoms in total. The maximum absolute atomic E-state index is 13.2. The van der Waals surface area contributed by atoms with Crippen molar-refractivity contribution in [3.8, 4) is 22.6 Å². The molecule has 276 valence electrons. The first-order valence-corrected chi connectivity index (χ1v) is 18.5. The number of fused-ring (bicyclic) bond motifs is 2. The number of hydrogen-bond donors (Lipinski definition) is 1. The van der Waals surface area contributed by atoms with E-state index in [0.29, 0.717) is 11.1 Å². The van der Waals surface area contributed by atoms with Crippen LogP contribution in [-0.4, -0.2) is 60.1 Å². The third-order valence-electron chi connectivity index (χ3n) is 11.1. The van der Waals surface area contributed by atoms with Crippen molar-refractivity contribution in [2.45, 2.75) is 51.5 Å². The lowest BCUT2D eigenvalue weighted by Crippen LogP contribution is -2.45. The van der Waals surface area contributed by atoms with E-state index < -0.39 is 6.29 Å². The number of rotatable bonds is 10. The van der Waals surface area contributed by atoms with Gasteiger partial charge in [-0.2, -0.15) is 0 Å². The number of carbonyl (C=O) groups is 2. The van der Waals surface area contributed by atoms with E-state index in [1.54, 1.807) is 38.5 Å². The van der Waals surface area contributed by atoms with Crippen molar-refractivity contribution in [2.75, 3.05) is 27.3 Å². The molecule has 0 bridgehead atoms. The number of methoxy groups -OCH3 is 2. The van der Waals surface area contributed by atoms with E-state index in [0.717, 1.165) is 70.9 Å². The van der Waals surface area contributed by atoms with E-state index in [2.05, 4.69) is 24.0 Å². The van der Waals surface area contributed by atoms with Gasteiger partial charge in [-0.3, -0.25) is 19.4 Å². The first kappa shape index (κ1) is 35.7. The average Bonchev–Trinajstić information content (AvgIpc) is 3.46. The van der Waals surface area contributed by atoms with Gasteiger partial charge in [0.2, 0.25) is 0 Å². The standard InChI is InChI=1S/C45H44N2O7/c1-28-41(26-46-21-20-33-22-39(51-2)40(52-3)23-35(33)24-46)53-45(54-42(28)31-14-12-29(27-48)13-15-31)32-18-16-30(17-19-32)36-9-5-4-8-34(36)25-47-43(49)37-10-6-7-11-38(37)44(47)50/h4-19,22-23,28,41-42,45,48H,20-21,24-27H2,1-3H3/t28-,41+,42+,45+/m0/s1. The van der Waals surface area contributed by atoms with E-state index >= 15 is 0 Å². The fourth-order valence-electron chi connectivity index (χ4n) is 7.99. The molecule has 54 heavy (non-hydrogen) atoms. The van der Waals surface area contributed by atoms with E-state index in [1.807, 2.05) is 72.8 Å². The largest absolute Gasteiger partial charge is 0.493 e. The maximum atomic E-state index is 13.2. The minimum Gasteiger partial charge on any atom is -0.493 e. The quantitative estimate of drug-likeness (QED) is 0.148. The summed E-state index contributed by atoms with van der Waals surface area (Å²) < 4.78 is 24.8. The summed E-state index contributed by atoms with van der Waals surface area (Å²) in [5, 5.41) is 9.69. The van der Waals surface area contributed by atoms with E-state index in [-0.39, 0.29) is 43.1 Å². The van der Waals surface area contributed by atoms with Crippen molar-refractivity contribution in [3.05, 3.63) is 154 Å². The Bertz CT molecular complexity index is 2130. The highest BCUT2D eigenvalue weighted by Crippen LogP contribution is 2.43. The van der Waals surface area contributed by atoms with Crippen molar-refractivity contribution in [1.82, 2.24) is 9.80 Å². The van der Waals surface area contributed by atoms with Gasteiger partial charge < -0.3 is 24.1 Å². The minimum atomic E-state index is -0.613. The monoisotopic (exact) mass is 724 g/mol. The van der Waals surface area contributed by atoms with Gasteiger partial charge in [0.1, 0.15) is 0 Å². The topological polar surface area (TPSA) is 97.8 Å². The lowest BCUT2D eigenvalue weighted by molar-refractivity contribution is -0.276. The molecule has 5 aromatic carbocycles. The lowest BCUT2D eigenvalue weighted by Gasteiger charge is -2.43. The minimum absolute atomic E-state index is 0.0173. The molecular weight excluding hydrogens is 681 g/mol. The fourth-order valence-corrected chi connectivity index (χ4v) is 7.99. The van der Waals surface area contributed by atoms with Crippen LogP contribution in [0.15, 0.2) is 109 Å². The van der Waals surface area contributed by atoms with Crippen LogP contribution < -0.4 is 9.47 Å². The molecule has 0 aliphatic carbocycles. The molecule has 1 N–H and O–H groups in total. The van der Waals surface area contributed by atoms with Crippen molar-refractivity contribution in [1.29, 1.82) is 0 Å². The number of aliphatic hydroxyl groups excluding tert-OH is 1. The molecule has 4 atom stereocenters. The third kappa shape index (κ3) is 6.80. The predicted molar refractivity (Wildman–Crippen MR) is 204 cm³/mol. The van der Waals surface area contributed by atoms with E-state index in [1.165, 1.54) is 16.0 Å². The Morgan fingerprint density at radius 2 is 1.35 bits per heavy atom. The van der Waals surface area contributed by atoms with Gasteiger partial charge in [-0.25, -0.2) is 0 Å². The zero-order chi connectivity index (χ0) is 37.3. The van der Waals surface area contributed by atoms with E-state index in [9.17, 15) is 14.7 Å². The summed E-state index contributed by atoms with van der Waals surface area (Å²) in [6, 6.07) is 35.2. The van der Waals surface area contributed by atoms with Crippen molar-refractivity contribution in [3.63, 3.8) is 0 Å². The SMILES string of the molecule is COc1cc2c(cc1OC)CN(C[C@H]1O[C@@H](c3ccc(-c4ccccc4CN4C(=O)c5ccccc5C4=O)cc3)O[C@@H](c3ccc(CO)cc3)[C@H]1C)CC2. The third-order valence-corrected chi connectivity index (χ3v) is 11.1. The Morgan fingerprint density at radius 3 is 2.00 bits per heavy atom. The second-order valence-corrected chi connectivity index (χ2v) is 14.3. The summed E-state index contributed by atoms with van der Waals surface area (Å²) in [5.41, 5.74) is 8.95. The van der Waals surface area contributed by atoms with Gasteiger partial charge in [0.05, 0.1) is 50.7 Å². The number of hydrogen-bond acceptors (Lipinski definition) is 8. The Morgan fingerprint density at radius 1 is 0.741 bits per heavy atom. The molecule has 2 amide bonds. The first-order valence-electron chi connectivity index (χ1n) is 18.5. The number of amides is 2. The van der Waals surface area contributed by atoms with Gasteiger partial charge in [-0.1, -0.05) is 91.9 Å². The smallest absolute Gasteiger partial charge is 0.261 e. The number of imide groups is 1. The van der Waals surface area contributed by atoms with Crippen LogP contribution in [0.2, 0.25) is 0 Å². The summed E-state index contributed by atoms with van der Waals surface area (Å²) in [7, 11) is 3.33. The normalized spacial score (nSPS) is 21.1. The van der Waals surface area contributed by atoms with Crippen LogP contribution >= 0.6 is 0 Å². The van der Waals surface area contributed by atoms with E-state index in [4.69, 9.17) is 18.9 Å². The Kier molecular flexibility index (Phi) is 10.0. The van der Waals surface area contributed by atoms with Crippen LogP contribution in [0.25, 0.3) is 11.1 Å². The zero-order valence-electron chi connectivity index (χ0n) is 30.7. The molecular formula is C45H44N2O7. The molecule has 8 rings (SSSR count). The highest BCUT2D eigenvalue weighted by molar-refractivity contribution is 6.21. The Balaban J connectivity index is 1.04. The van der Waals surface area contributed by atoms with Crippen molar-refractivity contribution in [2.24, 2.45) is 5.92 Å². The summed E-state index contributed by atoms with van der Waals surface area (Å²) >= 11 is 0. The average molecular weight is 725 g/mol. The molecule has 1 fully saturated rings. The highest BCUT2D eigenvalue weighted by Gasteiger charge is 2.40. The van der Waals surface area contributed by atoms with Gasteiger partial charge in [0, 0.05) is 31.1 Å². The van der Waals surface area contributed by atoms with Gasteiger partial charge in [-0.05, 0) is 69.6 Å². The zero-order valence-corrected chi connectivity index (χ0v) is 30.7. The summed E-state index contributed by atoms with van der Waals surface area (Å²) in [5.74, 6) is 0.980. The number of carbonyl (C=O) groups excluding carboxylic acids is 2. The summed E-state index contributed by atoms with van der Waals surface area (Å²) in [6.45, 7) is 4.74. The van der Waals surface area contributed by atoms with Gasteiger partial charge in [0.25, 0.3) is 11.8 Å². The number of aliphatic hydroxyl groups is 1. The lowest BCUT2D eigenvalue weighted by atomic mass is 9.89. The number of nitrogens with zero attached hydrogens (tertiary/aromatic N) is 2. The van der Waals surface area contributed by atoms with Gasteiger partial charge in [-0.15, -0.1) is 0 Å². The van der Waals surface area contributed by atoms with Crippen LogP contribution in [0, 0.1) is 5.92 Å². The summed E-state index contributed by atoms with van der Waals surface area (Å²) in [4.78, 5) is 30.1. The molecule has 0 aromatic heterocycles. The van der Waals surface area contributed by atoms with Crippen LogP contribution in [0.5, 0.6) is 11.5 Å². The van der Waals surface area contributed by atoms with Crippen LogP contribution in [0.4, 0.5) is 0 Å². The Labute approximate surface area is 315 Å². The Hall–Kier alpha value is -5.32. The maximum Gasteiger partial charge on any atom is 0.261 e. The number of ether oxygens (including phenoxy) is 4. The van der Waals surface area contributed by atoms with Crippen molar-refractivity contribution < 1.29 is 33.6 Å². The molecule has 3 heterocycles. The molecule has 0 saturated carbocycles. The van der Waals surface area contributed by atoms with Crippen LogP contribution in [0.3, 0.4) is 0 Å². The number of benzene rings is 5. The molecule has 0 unspecified atom stereocenters. The second kappa shape index (κ2) is 15.2. The molecule has 0 spiro atoms. The van der Waals surface area contributed by atoms with Gasteiger partial charge >= 0.3 is 0 Å². The van der Waals surface area contributed by atoms with Crippen LogP contribution in [-0.2, 0) is 35.6 Å². The van der Waals surface area contributed by atoms with Crippen LogP contribution in [0.1, 0.15) is 73.4 Å². The summed E-state index contributed by atoms with van der Waals surface area (Å²) in [6.07, 6.45) is -0.0765. The van der Waals surface area contributed by atoms with Gasteiger partial charge in [0.15, 0.2) is 17.8 Å². The predicted octanol–water partition coefficient (Wildman–Crippen LogP) is 7.51. The first-order chi connectivity index (χ1) is 26.3. The molecule has 0 radical (unpaired) electrons. The highest BCUT2D eigenvalue weighted by atomic mass is 16.7. The molecule has 3 aliphatic heterocycles. The molecule has 9 heteroatoms. The fraction of sp³-hybridized carbons (Fsp3) is 0.289. The second-order valence-electron chi connectivity index (χ2n) is 14.3. The molecule has 3 aliphatic rings.